The standard InChI is InChI=1S/C18H25NO3/c1-2-3-4-5-8-14-11-13(20)12-18(22-14)15-9-6-7-10-16(15)19-17(18)21/h9-10,14H,2-8,11-12H2,1H3,(H,19,21). The van der Waals surface area contributed by atoms with Gasteiger partial charge in [0.25, 0.3) is 5.91 Å². The van der Waals surface area contributed by atoms with Gasteiger partial charge in [-0.15, -0.1) is 0 Å². The van der Waals surface area contributed by atoms with Gasteiger partial charge in [0.15, 0.2) is 5.60 Å². The average Bonchev–Trinajstić information content (AvgIpc) is 2.76. The predicted molar refractivity (Wildman–Crippen MR) is 84.1 cm³/mol. The molecule has 4 heteroatoms. The molecule has 2 atom stereocenters. The lowest BCUT2D eigenvalue weighted by atomic mass is 9.82. The van der Waals surface area contributed by atoms with E-state index in [-0.39, 0.29) is 24.2 Å². The van der Waals surface area contributed by atoms with Crippen LogP contribution in [0.1, 0.15) is 64.7 Å². The van der Waals surface area contributed by atoms with Gasteiger partial charge in [-0.05, 0) is 19.3 Å². The van der Waals surface area contributed by atoms with Crippen molar-refractivity contribution in [3.8, 4) is 0 Å². The maximum atomic E-state index is 12.5. The monoisotopic (exact) mass is 303 g/mol. The van der Waals surface area contributed by atoms with E-state index >= 15 is 0 Å². The van der Waals surface area contributed by atoms with E-state index in [9.17, 15) is 9.59 Å². The number of fused-ring (bicyclic) bond motifs is 2. The quantitative estimate of drug-likeness (QED) is 0.794. The van der Waals surface area contributed by atoms with Crippen molar-refractivity contribution in [3.63, 3.8) is 0 Å². The van der Waals surface area contributed by atoms with E-state index < -0.39 is 5.60 Å². The lowest BCUT2D eigenvalue weighted by molar-refractivity contribution is -0.161. The molecule has 0 aromatic carbocycles. The summed E-state index contributed by atoms with van der Waals surface area (Å²) in [5.41, 5.74) is 0.711. The number of unbranched alkanes of at least 4 members (excludes halogenated alkanes) is 3. The van der Waals surface area contributed by atoms with Crippen LogP contribution in [0, 0.1) is 0 Å². The van der Waals surface area contributed by atoms with Crippen molar-refractivity contribution in [3.05, 3.63) is 23.4 Å². The Morgan fingerprint density at radius 2 is 2.05 bits per heavy atom. The Morgan fingerprint density at radius 1 is 1.23 bits per heavy atom. The number of amides is 1. The fourth-order valence-electron chi connectivity index (χ4n) is 3.75. The zero-order chi connectivity index (χ0) is 15.6. The summed E-state index contributed by atoms with van der Waals surface area (Å²) in [6.45, 7) is 2.18. The van der Waals surface area contributed by atoms with Gasteiger partial charge in [0.2, 0.25) is 0 Å². The van der Waals surface area contributed by atoms with Crippen molar-refractivity contribution in [2.24, 2.45) is 0 Å². The maximum absolute atomic E-state index is 12.5. The van der Waals surface area contributed by atoms with E-state index in [1.165, 1.54) is 12.8 Å². The number of ketones is 1. The van der Waals surface area contributed by atoms with Gasteiger partial charge in [-0.3, -0.25) is 9.59 Å². The van der Waals surface area contributed by atoms with Crippen LogP contribution in [0.5, 0.6) is 0 Å². The predicted octanol–water partition coefficient (Wildman–Crippen LogP) is 3.18. The summed E-state index contributed by atoms with van der Waals surface area (Å²) in [5.74, 6) is -0.00637. The van der Waals surface area contributed by atoms with Crippen LogP contribution in [0.2, 0.25) is 0 Å². The summed E-state index contributed by atoms with van der Waals surface area (Å²) in [6, 6.07) is 0. The summed E-state index contributed by atoms with van der Waals surface area (Å²) >= 11 is 0. The first-order valence-electron chi connectivity index (χ1n) is 8.58. The van der Waals surface area contributed by atoms with Crippen molar-refractivity contribution in [2.75, 3.05) is 0 Å². The molecule has 1 N–H and O–H groups in total. The Hall–Kier alpha value is -1.42. The minimum absolute atomic E-state index is 0.119. The molecule has 2 fully saturated rings. The first kappa shape index (κ1) is 15.5. The topological polar surface area (TPSA) is 55.4 Å². The van der Waals surface area contributed by atoms with E-state index in [4.69, 9.17) is 4.74 Å². The van der Waals surface area contributed by atoms with E-state index in [2.05, 4.69) is 18.3 Å². The molecule has 22 heavy (non-hydrogen) atoms. The third-order valence-electron chi connectivity index (χ3n) is 4.85. The molecule has 3 rings (SSSR count). The van der Waals surface area contributed by atoms with Crippen LogP contribution >= 0.6 is 0 Å². The number of Topliss-reactive ketones (excluding diaryl/α,β-unsaturated/α-hetero) is 1. The minimum atomic E-state index is -1.04. The molecule has 1 amide bonds. The Morgan fingerprint density at radius 3 is 2.86 bits per heavy atom. The lowest BCUT2D eigenvalue weighted by Crippen LogP contribution is -2.50. The van der Waals surface area contributed by atoms with Crippen LogP contribution in [-0.4, -0.2) is 23.4 Å². The molecule has 1 spiro atoms. The SMILES string of the molecule is CCCCCCC1CC(=O)CC2(O1)C(=O)NC1=CCCC=C12. The van der Waals surface area contributed by atoms with E-state index in [1.807, 2.05) is 6.08 Å². The summed E-state index contributed by atoms with van der Waals surface area (Å²) in [4.78, 5) is 24.8. The normalized spacial score (nSPS) is 30.9. The highest BCUT2D eigenvalue weighted by atomic mass is 16.5. The molecule has 2 unspecified atom stereocenters. The third kappa shape index (κ3) is 2.76. The molecule has 2 heterocycles. The van der Waals surface area contributed by atoms with Crippen LogP contribution in [0.4, 0.5) is 0 Å². The molecule has 0 bridgehead atoms. The maximum Gasteiger partial charge on any atom is 0.261 e. The van der Waals surface area contributed by atoms with Crippen LogP contribution in [-0.2, 0) is 14.3 Å². The molecule has 2 aliphatic heterocycles. The van der Waals surface area contributed by atoms with Crippen molar-refractivity contribution in [1.82, 2.24) is 5.32 Å². The first-order valence-corrected chi connectivity index (χ1v) is 8.58. The molecule has 0 aromatic heterocycles. The summed E-state index contributed by atoms with van der Waals surface area (Å²) < 4.78 is 6.23. The number of nitrogens with one attached hydrogen (secondary N) is 1. The molecule has 120 valence electrons. The first-order chi connectivity index (χ1) is 10.7. The number of ether oxygens (including phenoxy) is 1. The van der Waals surface area contributed by atoms with Gasteiger partial charge < -0.3 is 10.1 Å². The molecule has 3 aliphatic rings. The van der Waals surface area contributed by atoms with Crippen molar-refractivity contribution in [2.45, 2.75) is 76.4 Å². The van der Waals surface area contributed by atoms with Gasteiger partial charge in [0.1, 0.15) is 5.78 Å². The van der Waals surface area contributed by atoms with Gasteiger partial charge in [-0.1, -0.05) is 44.8 Å². The molecular weight excluding hydrogens is 278 g/mol. The smallest absolute Gasteiger partial charge is 0.261 e. The summed E-state index contributed by atoms with van der Waals surface area (Å²) in [7, 11) is 0. The molecule has 0 radical (unpaired) electrons. The minimum Gasteiger partial charge on any atom is -0.356 e. The third-order valence-corrected chi connectivity index (χ3v) is 4.85. The summed E-state index contributed by atoms with van der Waals surface area (Å²) in [6.07, 6.45) is 12.0. The number of carbonyl (C=O) groups excluding carboxylic acids is 2. The lowest BCUT2D eigenvalue weighted by Gasteiger charge is -2.37. The van der Waals surface area contributed by atoms with Crippen molar-refractivity contribution >= 4 is 11.7 Å². The molecule has 1 aliphatic carbocycles. The molecule has 4 nitrogen and oxygen atoms in total. The fraction of sp³-hybridized carbons (Fsp3) is 0.667. The van der Waals surface area contributed by atoms with Gasteiger partial charge in [0, 0.05) is 24.1 Å². The summed E-state index contributed by atoms with van der Waals surface area (Å²) in [5, 5.41) is 2.91. The highest BCUT2D eigenvalue weighted by Gasteiger charge is 2.55. The van der Waals surface area contributed by atoms with Crippen LogP contribution < -0.4 is 5.32 Å². The highest BCUT2D eigenvalue weighted by Crippen LogP contribution is 2.43. The van der Waals surface area contributed by atoms with Crippen molar-refractivity contribution in [1.29, 1.82) is 0 Å². The zero-order valence-corrected chi connectivity index (χ0v) is 13.3. The second-order valence-electron chi connectivity index (χ2n) is 6.60. The van der Waals surface area contributed by atoms with E-state index in [0.29, 0.717) is 6.42 Å². The number of rotatable bonds is 5. The van der Waals surface area contributed by atoms with Gasteiger partial charge in [0.05, 0.1) is 6.10 Å². The van der Waals surface area contributed by atoms with E-state index in [1.54, 1.807) is 0 Å². The highest BCUT2D eigenvalue weighted by molar-refractivity contribution is 6.01. The van der Waals surface area contributed by atoms with E-state index in [0.717, 1.165) is 43.4 Å². The molecule has 0 saturated carbocycles. The average molecular weight is 303 g/mol. The Labute approximate surface area is 132 Å². The van der Waals surface area contributed by atoms with Crippen LogP contribution in [0.15, 0.2) is 23.4 Å². The van der Waals surface area contributed by atoms with Gasteiger partial charge >= 0.3 is 0 Å². The fourth-order valence-corrected chi connectivity index (χ4v) is 3.75. The van der Waals surface area contributed by atoms with Gasteiger partial charge in [-0.2, -0.15) is 0 Å². The number of allylic oxidation sites excluding steroid dienone is 2. The second-order valence-corrected chi connectivity index (χ2v) is 6.60. The number of hydrogen-bond acceptors (Lipinski definition) is 3. The van der Waals surface area contributed by atoms with Gasteiger partial charge in [-0.25, -0.2) is 0 Å². The largest absolute Gasteiger partial charge is 0.356 e. The number of carbonyl (C=O) groups is 2. The Kier molecular flexibility index (Phi) is 4.48. The Bertz CT molecular complexity index is 534. The molecular formula is C18H25NO3. The van der Waals surface area contributed by atoms with Crippen LogP contribution in [0.25, 0.3) is 0 Å². The second kappa shape index (κ2) is 6.37. The number of hydrogen-bond donors (Lipinski definition) is 1. The molecule has 0 aromatic rings. The van der Waals surface area contributed by atoms with Crippen LogP contribution in [0.3, 0.4) is 0 Å². The zero-order valence-electron chi connectivity index (χ0n) is 13.3. The molecule has 2 saturated heterocycles. The van der Waals surface area contributed by atoms with Crippen molar-refractivity contribution < 1.29 is 14.3 Å². The Balaban J connectivity index is 1.75.